The van der Waals surface area contributed by atoms with Crippen LogP contribution in [0.3, 0.4) is 0 Å². The highest BCUT2D eigenvalue weighted by atomic mass is 35.5. The summed E-state index contributed by atoms with van der Waals surface area (Å²) >= 11 is 23.1. The van der Waals surface area contributed by atoms with E-state index in [2.05, 4.69) is 10.2 Å². The van der Waals surface area contributed by atoms with Gasteiger partial charge < -0.3 is 10.1 Å². The molecule has 84 valence electrons. The van der Waals surface area contributed by atoms with Gasteiger partial charge >= 0.3 is 0 Å². The van der Waals surface area contributed by atoms with E-state index in [1.165, 1.54) is 0 Å². The van der Waals surface area contributed by atoms with E-state index in [1.54, 1.807) is 0 Å². The minimum absolute atomic E-state index is 0.0174. The largest absolute Gasteiger partial charge is 0.372 e. The Morgan fingerprint density at radius 1 is 0.938 bits per heavy atom. The topological polar surface area (TPSA) is 73.8 Å². The second kappa shape index (κ2) is 3.89. The van der Waals surface area contributed by atoms with Crippen LogP contribution >= 0.6 is 46.4 Å². The molecule has 1 aromatic heterocycles. The van der Waals surface area contributed by atoms with Gasteiger partial charge in [0.25, 0.3) is 0 Å². The molecule has 1 heterocycles. The molecule has 0 N–H and O–H groups in total. The Kier molecular flexibility index (Phi) is 2.83. The number of hydrogen-bond donors (Lipinski definition) is 0. The predicted molar refractivity (Wildman–Crippen MR) is 60.0 cm³/mol. The van der Waals surface area contributed by atoms with Crippen LogP contribution in [0.5, 0.6) is 0 Å². The Hall–Kier alpha value is -0.820. The van der Waals surface area contributed by atoms with Crippen LogP contribution in [-0.2, 0) is 0 Å². The van der Waals surface area contributed by atoms with E-state index in [4.69, 9.17) is 46.4 Å². The van der Waals surface area contributed by atoms with Crippen LogP contribution < -0.4 is 0 Å². The SMILES string of the molecule is O=[N+]([O-])n1nc2c(Cl)c(Cl)c(Cl)c(Cl)c2n1. The molecule has 10 heteroatoms. The van der Waals surface area contributed by atoms with Gasteiger partial charge in [0.15, 0.2) is 0 Å². The smallest absolute Gasteiger partial charge is 0.232 e. The highest BCUT2D eigenvalue weighted by Crippen LogP contribution is 2.41. The summed E-state index contributed by atoms with van der Waals surface area (Å²) in [7, 11) is 0. The van der Waals surface area contributed by atoms with Crippen molar-refractivity contribution in [2.45, 2.75) is 0 Å². The van der Waals surface area contributed by atoms with Gasteiger partial charge in [-0.3, -0.25) is 0 Å². The van der Waals surface area contributed by atoms with Crippen molar-refractivity contribution < 1.29 is 5.03 Å². The maximum Gasteiger partial charge on any atom is 0.232 e. The molecule has 0 unspecified atom stereocenters. The first kappa shape index (κ1) is 11.7. The van der Waals surface area contributed by atoms with Gasteiger partial charge in [-0.2, -0.15) is 0 Å². The average Bonchev–Trinajstić information content (AvgIpc) is 2.68. The zero-order valence-electron chi connectivity index (χ0n) is 7.12. The third kappa shape index (κ3) is 1.58. The second-order valence-electron chi connectivity index (χ2n) is 2.66. The van der Waals surface area contributed by atoms with Crippen molar-refractivity contribution in [1.29, 1.82) is 0 Å². The van der Waals surface area contributed by atoms with Gasteiger partial charge in [-0.25, -0.2) is 0 Å². The van der Waals surface area contributed by atoms with Crippen molar-refractivity contribution in [2.75, 3.05) is 0 Å². The highest BCUT2D eigenvalue weighted by Gasteiger charge is 2.25. The zero-order valence-corrected chi connectivity index (χ0v) is 10.1. The van der Waals surface area contributed by atoms with Crippen LogP contribution in [0.25, 0.3) is 11.0 Å². The van der Waals surface area contributed by atoms with E-state index < -0.39 is 5.03 Å². The summed E-state index contributed by atoms with van der Waals surface area (Å²) in [6.07, 6.45) is 0. The molecule has 0 saturated carbocycles. The molecule has 0 aliphatic rings. The van der Waals surface area contributed by atoms with Crippen molar-refractivity contribution in [3.05, 3.63) is 30.2 Å². The molecule has 0 amide bonds. The highest BCUT2D eigenvalue weighted by molar-refractivity contribution is 6.54. The van der Waals surface area contributed by atoms with E-state index in [9.17, 15) is 10.1 Å². The Morgan fingerprint density at radius 2 is 1.31 bits per heavy atom. The first-order valence-electron chi connectivity index (χ1n) is 3.67. The number of aromatic nitrogens is 3. The van der Waals surface area contributed by atoms with E-state index in [0.717, 1.165) is 0 Å². The minimum Gasteiger partial charge on any atom is -0.372 e. The van der Waals surface area contributed by atoms with E-state index in [1.807, 2.05) is 0 Å². The summed E-state index contributed by atoms with van der Waals surface area (Å²) in [6.45, 7) is 0. The number of fused-ring (bicyclic) bond motifs is 1. The molecular weight excluding hydrogens is 302 g/mol. The molecule has 0 fully saturated rings. The molecule has 2 aromatic rings. The van der Waals surface area contributed by atoms with E-state index >= 15 is 0 Å². The Labute approximate surface area is 108 Å². The van der Waals surface area contributed by atoms with Crippen LogP contribution in [0.15, 0.2) is 0 Å². The third-order valence-electron chi connectivity index (χ3n) is 1.74. The Bertz CT molecular complexity index is 565. The number of nitrogens with zero attached hydrogens (tertiary/aromatic N) is 4. The molecule has 0 bridgehead atoms. The summed E-state index contributed by atoms with van der Waals surface area (Å²) in [6, 6.07) is 0. The lowest BCUT2D eigenvalue weighted by Gasteiger charge is -1.98. The summed E-state index contributed by atoms with van der Waals surface area (Å²) in [4.78, 5) is 10.7. The van der Waals surface area contributed by atoms with Gasteiger partial charge in [-0.05, 0) is 0 Å². The fourth-order valence-corrected chi connectivity index (χ4v) is 1.97. The predicted octanol–water partition coefficient (Wildman–Crippen LogP) is 3.08. The van der Waals surface area contributed by atoms with Gasteiger partial charge in [0.1, 0.15) is 15.0 Å². The quantitative estimate of drug-likeness (QED) is 0.351. The van der Waals surface area contributed by atoms with Crippen LogP contribution in [0.2, 0.25) is 20.1 Å². The van der Waals surface area contributed by atoms with Crippen molar-refractivity contribution in [3.8, 4) is 0 Å². The van der Waals surface area contributed by atoms with Crippen molar-refractivity contribution in [1.82, 2.24) is 15.1 Å². The number of halogens is 4. The Morgan fingerprint density at radius 3 is 1.62 bits per heavy atom. The molecule has 0 aliphatic heterocycles. The maximum absolute atomic E-state index is 10.5. The van der Waals surface area contributed by atoms with Crippen LogP contribution in [0.1, 0.15) is 0 Å². The van der Waals surface area contributed by atoms with E-state index in [-0.39, 0.29) is 36.0 Å². The number of rotatable bonds is 1. The summed E-state index contributed by atoms with van der Waals surface area (Å²) in [5.41, 5.74) is 0.0514. The fraction of sp³-hybridized carbons (Fsp3) is 0. The Balaban J connectivity index is 2.92. The molecule has 0 atom stereocenters. The standard InChI is InChI=1S/C6Cl4N4O2/c7-1-2(8)4(10)6-5(3(1)9)11-13(12-6)14(15)16. The van der Waals surface area contributed by atoms with Crippen molar-refractivity contribution in [2.24, 2.45) is 0 Å². The molecule has 2 rings (SSSR count). The van der Waals surface area contributed by atoms with Crippen molar-refractivity contribution >= 4 is 57.4 Å². The first-order valence-corrected chi connectivity index (χ1v) is 5.18. The van der Waals surface area contributed by atoms with Gasteiger partial charge in [-0.1, -0.05) is 46.4 Å². The van der Waals surface area contributed by atoms with Gasteiger partial charge in [0.05, 0.1) is 10.0 Å². The third-order valence-corrected chi connectivity index (χ3v) is 3.53. The van der Waals surface area contributed by atoms with Gasteiger partial charge in [0.2, 0.25) is 11.0 Å². The van der Waals surface area contributed by atoms with Crippen LogP contribution in [-0.4, -0.2) is 20.1 Å². The minimum atomic E-state index is -0.839. The first-order chi connectivity index (χ1) is 7.43. The monoisotopic (exact) mass is 300 g/mol. The molecule has 16 heavy (non-hydrogen) atoms. The van der Waals surface area contributed by atoms with Gasteiger partial charge in [-0.15, -0.1) is 0 Å². The number of hydrogen-bond acceptors (Lipinski definition) is 4. The second-order valence-corrected chi connectivity index (χ2v) is 4.17. The van der Waals surface area contributed by atoms with Crippen molar-refractivity contribution in [3.63, 3.8) is 0 Å². The summed E-state index contributed by atoms with van der Waals surface area (Å²) in [5.74, 6) is 0. The maximum atomic E-state index is 10.5. The van der Waals surface area contributed by atoms with E-state index in [0.29, 0.717) is 0 Å². The molecule has 1 aromatic carbocycles. The zero-order chi connectivity index (χ0) is 12.0. The summed E-state index contributed by atoms with van der Waals surface area (Å²) in [5, 5.41) is 16.6. The summed E-state index contributed by atoms with van der Waals surface area (Å²) < 4.78 is 0. The fourth-order valence-electron chi connectivity index (χ4n) is 1.07. The molecule has 0 saturated heterocycles. The van der Waals surface area contributed by atoms with Crippen LogP contribution in [0.4, 0.5) is 0 Å². The normalized spacial score (nSPS) is 11.0. The lowest BCUT2D eigenvalue weighted by atomic mass is 10.3. The van der Waals surface area contributed by atoms with Crippen LogP contribution in [0, 0.1) is 10.1 Å². The molecule has 6 nitrogen and oxygen atoms in total. The molecule has 0 spiro atoms. The lowest BCUT2D eigenvalue weighted by Crippen LogP contribution is -2.11. The molecular formula is C6Cl4N4O2. The number of benzene rings is 1. The molecule has 0 aliphatic carbocycles. The number of nitro groups is 1. The average molecular weight is 302 g/mol. The van der Waals surface area contributed by atoms with Gasteiger partial charge in [0, 0.05) is 15.2 Å². The molecule has 0 radical (unpaired) electrons. The lowest BCUT2D eigenvalue weighted by molar-refractivity contribution is -0.563.